The van der Waals surface area contributed by atoms with Gasteiger partial charge in [-0.25, -0.2) is 4.98 Å². The van der Waals surface area contributed by atoms with Crippen LogP contribution in [0.15, 0.2) is 18.3 Å². The van der Waals surface area contributed by atoms with Crippen LogP contribution >= 0.6 is 0 Å². The minimum Gasteiger partial charge on any atom is -0.392 e. The van der Waals surface area contributed by atoms with Crippen molar-refractivity contribution >= 4 is 11.2 Å². The van der Waals surface area contributed by atoms with Crippen molar-refractivity contribution in [3.63, 3.8) is 0 Å². The molecular formula is C8H10N4O. The highest BCUT2D eigenvalue weighted by Crippen LogP contribution is 2.05. The van der Waals surface area contributed by atoms with Crippen molar-refractivity contribution in [2.24, 2.45) is 0 Å². The second-order valence-electron chi connectivity index (χ2n) is 2.96. The summed E-state index contributed by atoms with van der Waals surface area (Å²) in [6, 6.07) is 3.69. The van der Waals surface area contributed by atoms with Gasteiger partial charge in [-0.15, -0.1) is 5.10 Å². The first kappa shape index (κ1) is 7.97. The molecule has 0 saturated carbocycles. The fraction of sp³-hybridized carbons (Fsp3) is 0.375. The molecule has 0 aliphatic carbocycles. The predicted molar refractivity (Wildman–Crippen MR) is 47.0 cm³/mol. The second-order valence-corrected chi connectivity index (χ2v) is 2.96. The highest BCUT2D eigenvalue weighted by atomic mass is 16.7. The summed E-state index contributed by atoms with van der Waals surface area (Å²) in [5.41, 5.74) is 1.39. The number of aromatic nitrogens is 4. The van der Waals surface area contributed by atoms with E-state index >= 15 is 0 Å². The zero-order chi connectivity index (χ0) is 9.26. The third-order valence-electron chi connectivity index (χ3n) is 1.50. The van der Waals surface area contributed by atoms with Gasteiger partial charge in [-0.05, 0) is 31.2 Å². The van der Waals surface area contributed by atoms with Crippen molar-refractivity contribution < 1.29 is 4.84 Å². The van der Waals surface area contributed by atoms with E-state index in [1.54, 1.807) is 6.20 Å². The van der Waals surface area contributed by atoms with Gasteiger partial charge in [0, 0.05) is 6.20 Å². The molecule has 68 valence electrons. The molecule has 0 amide bonds. The maximum absolute atomic E-state index is 5.37. The molecule has 0 aliphatic heterocycles. The number of hydrogen-bond acceptors (Lipinski definition) is 4. The average Bonchev–Trinajstić information content (AvgIpc) is 2.48. The van der Waals surface area contributed by atoms with Gasteiger partial charge < -0.3 is 4.84 Å². The zero-order valence-corrected chi connectivity index (χ0v) is 7.51. The lowest BCUT2D eigenvalue weighted by Crippen LogP contribution is -2.20. The fourth-order valence-electron chi connectivity index (χ4n) is 1.02. The van der Waals surface area contributed by atoms with Gasteiger partial charge in [0.15, 0.2) is 0 Å². The molecule has 0 aliphatic rings. The van der Waals surface area contributed by atoms with Crippen LogP contribution < -0.4 is 4.84 Å². The van der Waals surface area contributed by atoms with Gasteiger partial charge in [-0.3, -0.25) is 0 Å². The monoisotopic (exact) mass is 178 g/mol. The van der Waals surface area contributed by atoms with Crippen LogP contribution in [0.4, 0.5) is 0 Å². The average molecular weight is 178 g/mol. The molecule has 0 bridgehead atoms. The molecule has 2 aromatic heterocycles. The molecule has 0 fully saturated rings. The van der Waals surface area contributed by atoms with Gasteiger partial charge in [-0.2, -0.15) is 0 Å². The molecule has 0 spiro atoms. The third kappa shape index (κ3) is 1.44. The number of nitrogens with zero attached hydrogens (tertiary/aromatic N) is 4. The summed E-state index contributed by atoms with van der Waals surface area (Å²) in [4.78, 5) is 10.8. The maximum Gasteiger partial charge on any atom is 0.205 e. The Bertz CT molecular complexity index is 409. The first-order chi connectivity index (χ1) is 6.27. The minimum atomic E-state index is 0.0742. The molecule has 0 unspecified atom stereocenters. The van der Waals surface area contributed by atoms with Crippen molar-refractivity contribution in [2.45, 2.75) is 20.0 Å². The van der Waals surface area contributed by atoms with E-state index in [2.05, 4.69) is 15.3 Å². The minimum absolute atomic E-state index is 0.0742. The Hall–Kier alpha value is -1.65. The Morgan fingerprint density at radius 2 is 2.31 bits per heavy atom. The molecule has 0 radical (unpaired) electrons. The molecule has 0 aromatic carbocycles. The molecule has 2 aromatic rings. The summed E-state index contributed by atoms with van der Waals surface area (Å²) in [5.74, 6) is 0. The summed E-state index contributed by atoms with van der Waals surface area (Å²) in [5, 5.41) is 7.67. The Balaban J connectivity index is 2.46. The molecule has 0 atom stereocenters. The van der Waals surface area contributed by atoms with E-state index in [0.29, 0.717) is 5.65 Å². The van der Waals surface area contributed by atoms with Crippen molar-refractivity contribution in [1.29, 1.82) is 0 Å². The van der Waals surface area contributed by atoms with E-state index in [9.17, 15) is 0 Å². The van der Waals surface area contributed by atoms with Crippen molar-refractivity contribution in [1.82, 2.24) is 20.1 Å². The van der Waals surface area contributed by atoms with Gasteiger partial charge >= 0.3 is 0 Å². The highest BCUT2D eigenvalue weighted by molar-refractivity contribution is 5.68. The van der Waals surface area contributed by atoms with Crippen molar-refractivity contribution in [3.8, 4) is 0 Å². The van der Waals surface area contributed by atoms with E-state index in [1.807, 2.05) is 26.0 Å². The van der Waals surface area contributed by atoms with E-state index in [4.69, 9.17) is 4.84 Å². The smallest absolute Gasteiger partial charge is 0.205 e. The Morgan fingerprint density at radius 1 is 1.46 bits per heavy atom. The molecule has 0 N–H and O–H groups in total. The molecule has 2 heterocycles. The number of rotatable bonds is 2. The van der Waals surface area contributed by atoms with E-state index in [0.717, 1.165) is 5.52 Å². The van der Waals surface area contributed by atoms with Crippen LogP contribution in [0.3, 0.4) is 0 Å². The molecule has 13 heavy (non-hydrogen) atoms. The van der Waals surface area contributed by atoms with Crippen molar-refractivity contribution in [2.75, 3.05) is 0 Å². The van der Waals surface area contributed by atoms with Crippen LogP contribution in [0.5, 0.6) is 0 Å². The maximum atomic E-state index is 5.37. The summed E-state index contributed by atoms with van der Waals surface area (Å²) >= 11 is 0. The topological polar surface area (TPSA) is 52.8 Å². The van der Waals surface area contributed by atoms with E-state index in [1.165, 1.54) is 4.85 Å². The third-order valence-corrected chi connectivity index (χ3v) is 1.50. The lowest BCUT2D eigenvalue weighted by Gasteiger charge is -2.07. The van der Waals surface area contributed by atoms with Gasteiger partial charge in [0.2, 0.25) is 5.65 Å². The standard InChI is InChI=1S/C8H10N4O/c1-6(2)13-12-7-4-3-5-9-8(7)10-11-12/h3-6H,1-2H3. The second kappa shape index (κ2) is 3.01. The van der Waals surface area contributed by atoms with Crippen LogP contribution in [0, 0.1) is 0 Å². The van der Waals surface area contributed by atoms with E-state index < -0.39 is 0 Å². The molecule has 5 nitrogen and oxygen atoms in total. The largest absolute Gasteiger partial charge is 0.392 e. The highest BCUT2D eigenvalue weighted by Gasteiger charge is 2.05. The lowest BCUT2D eigenvalue weighted by molar-refractivity contribution is 0.0408. The molecule has 5 heteroatoms. The fourth-order valence-corrected chi connectivity index (χ4v) is 1.02. The summed E-state index contributed by atoms with van der Waals surface area (Å²) in [7, 11) is 0. The summed E-state index contributed by atoms with van der Waals surface area (Å²) in [6.45, 7) is 3.87. The van der Waals surface area contributed by atoms with Gasteiger partial charge in [-0.1, -0.05) is 4.85 Å². The molecular weight excluding hydrogens is 168 g/mol. The van der Waals surface area contributed by atoms with Gasteiger partial charge in [0.05, 0.1) is 0 Å². The van der Waals surface area contributed by atoms with Crippen LogP contribution in [0.25, 0.3) is 11.2 Å². The Morgan fingerprint density at radius 3 is 3.08 bits per heavy atom. The number of fused-ring (bicyclic) bond motifs is 1. The van der Waals surface area contributed by atoms with Gasteiger partial charge in [0.25, 0.3) is 0 Å². The number of pyridine rings is 1. The van der Waals surface area contributed by atoms with E-state index in [-0.39, 0.29) is 6.10 Å². The summed E-state index contributed by atoms with van der Waals surface area (Å²) in [6.07, 6.45) is 1.75. The van der Waals surface area contributed by atoms with Crippen LogP contribution in [-0.4, -0.2) is 26.2 Å². The predicted octanol–water partition coefficient (Wildman–Crippen LogP) is 0.663. The normalized spacial score (nSPS) is 11.0. The SMILES string of the molecule is CC(C)On1nnc2ncccc21. The van der Waals surface area contributed by atoms with Gasteiger partial charge in [0.1, 0.15) is 11.6 Å². The summed E-state index contributed by atoms with van der Waals surface area (Å²) < 4.78 is 0. The number of hydrogen-bond donors (Lipinski definition) is 0. The van der Waals surface area contributed by atoms with Crippen LogP contribution in [0.1, 0.15) is 13.8 Å². The van der Waals surface area contributed by atoms with Crippen LogP contribution in [0.2, 0.25) is 0 Å². The van der Waals surface area contributed by atoms with Crippen LogP contribution in [-0.2, 0) is 0 Å². The quantitative estimate of drug-likeness (QED) is 0.678. The Kier molecular flexibility index (Phi) is 1.84. The zero-order valence-electron chi connectivity index (χ0n) is 7.51. The molecule has 0 saturated heterocycles. The molecule has 2 rings (SSSR count). The van der Waals surface area contributed by atoms with Crippen molar-refractivity contribution in [3.05, 3.63) is 18.3 Å². The Labute approximate surface area is 75.3 Å². The lowest BCUT2D eigenvalue weighted by atomic mass is 10.4. The first-order valence-electron chi connectivity index (χ1n) is 4.11. The first-order valence-corrected chi connectivity index (χ1v) is 4.11.